The molecule has 0 saturated heterocycles. The summed E-state index contributed by atoms with van der Waals surface area (Å²) in [5, 5.41) is 9.48. The summed E-state index contributed by atoms with van der Waals surface area (Å²) >= 11 is 0. The van der Waals surface area contributed by atoms with E-state index < -0.39 is 11.4 Å². The molecule has 0 aliphatic carbocycles. The summed E-state index contributed by atoms with van der Waals surface area (Å²) in [5.74, 6) is -1.22. The van der Waals surface area contributed by atoms with Crippen molar-refractivity contribution in [1.82, 2.24) is 9.55 Å². The molecule has 0 aliphatic heterocycles. The summed E-state index contributed by atoms with van der Waals surface area (Å²) in [7, 11) is 0. The number of carboxylic acid groups (broad SMARTS) is 1. The highest BCUT2D eigenvalue weighted by Crippen LogP contribution is 2.13. The Labute approximate surface area is 138 Å². The van der Waals surface area contributed by atoms with Crippen LogP contribution in [0.2, 0.25) is 0 Å². The normalized spacial score (nSPS) is 11.2. The van der Waals surface area contributed by atoms with Gasteiger partial charge in [-0.15, -0.1) is 0 Å². The van der Waals surface area contributed by atoms with Crippen LogP contribution in [-0.2, 0) is 6.54 Å². The highest BCUT2D eigenvalue weighted by atomic mass is 16.4. The molecule has 0 fully saturated rings. The van der Waals surface area contributed by atoms with Gasteiger partial charge < -0.3 is 9.67 Å². The molecular formula is C19H16N2O3. The Balaban J connectivity index is 2.11. The highest BCUT2D eigenvalue weighted by molar-refractivity contribution is 5.92. The van der Waals surface area contributed by atoms with Gasteiger partial charge >= 0.3 is 5.97 Å². The lowest BCUT2D eigenvalue weighted by molar-refractivity contribution is 0.0695. The molecule has 0 amide bonds. The van der Waals surface area contributed by atoms with Gasteiger partial charge in [0.15, 0.2) is 0 Å². The molecule has 1 aromatic carbocycles. The molecule has 2 aromatic heterocycles. The van der Waals surface area contributed by atoms with Crippen LogP contribution in [0.25, 0.3) is 23.2 Å². The molecule has 0 unspecified atom stereocenters. The molecule has 0 spiro atoms. The minimum atomic E-state index is -1.22. The third-order valence-electron chi connectivity index (χ3n) is 3.76. The fourth-order valence-corrected chi connectivity index (χ4v) is 2.51. The SMILES string of the molecule is CCn1cc(C(=O)O)c(=O)c2ccc(/C=C/c3ccccc3)nc21. The van der Waals surface area contributed by atoms with E-state index >= 15 is 0 Å². The van der Waals surface area contributed by atoms with Gasteiger partial charge in [0.2, 0.25) is 5.43 Å². The first-order chi connectivity index (χ1) is 11.6. The Morgan fingerprint density at radius 1 is 1.17 bits per heavy atom. The fourth-order valence-electron chi connectivity index (χ4n) is 2.51. The molecule has 0 atom stereocenters. The largest absolute Gasteiger partial charge is 0.477 e. The van der Waals surface area contributed by atoms with Crippen LogP contribution in [0, 0.1) is 0 Å². The molecule has 5 heteroatoms. The standard InChI is InChI=1S/C19H16N2O3/c1-2-21-12-16(19(23)24)17(22)15-11-10-14(20-18(15)21)9-8-13-6-4-3-5-7-13/h3-12H,2H2,1H3,(H,23,24)/b9-8+. The average Bonchev–Trinajstić information content (AvgIpc) is 2.61. The third-order valence-corrected chi connectivity index (χ3v) is 3.76. The maximum Gasteiger partial charge on any atom is 0.341 e. The van der Waals surface area contributed by atoms with Crippen molar-refractivity contribution in [3.05, 3.63) is 75.7 Å². The van der Waals surface area contributed by atoms with Crippen LogP contribution >= 0.6 is 0 Å². The minimum absolute atomic E-state index is 0.237. The van der Waals surface area contributed by atoms with Gasteiger partial charge in [0.25, 0.3) is 0 Å². The molecule has 3 rings (SSSR count). The summed E-state index contributed by atoms with van der Waals surface area (Å²) in [4.78, 5) is 28.0. The second-order valence-electron chi connectivity index (χ2n) is 5.31. The van der Waals surface area contributed by atoms with Crippen LogP contribution in [0.1, 0.15) is 28.5 Å². The number of aromatic carboxylic acids is 1. The van der Waals surface area contributed by atoms with Crippen molar-refractivity contribution in [2.24, 2.45) is 0 Å². The zero-order chi connectivity index (χ0) is 17.1. The smallest absolute Gasteiger partial charge is 0.341 e. The van der Waals surface area contributed by atoms with Gasteiger partial charge in [0.1, 0.15) is 11.2 Å². The Bertz CT molecular complexity index is 989. The first kappa shape index (κ1) is 15.7. The number of carboxylic acids is 1. The van der Waals surface area contributed by atoms with Gasteiger partial charge in [-0.1, -0.05) is 36.4 Å². The number of carbonyl (C=O) groups is 1. The molecule has 5 nitrogen and oxygen atoms in total. The van der Waals surface area contributed by atoms with Crippen molar-refractivity contribution < 1.29 is 9.90 Å². The maximum absolute atomic E-state index is 12.3. The monoisotopic (exact) mass is 320 g/mol. The molecule has 1 N–H and O–H groups in total. The Kier molecular flexibility index (Phi) is 4.24. The molecule has 2 heterocycles. The number of aryl methyl sites for hydroxylation is 1. The van der Waals surface area contributed by atoms with E-state index in [0.29, 0.717) is 23.3 Å². The zero-order valence-corrected chi connectivity index (χ0v) is 13.1. The van der Waals surface area contributed by atoms with Crippen molar-refractivity contribution in [2.75, 3.05) is 0 Å². The van der Waals surface area contributed by atoms with Gasteiger partial charge in [-0.05, 0) is 30.7 Å². The van der Waals surface area contributed by atoms with Gasteiger partial charge in [-0.3, -0.25) is 4.79 Å². The van der Waals surface area contributed by atoms with Crippen LogP contribution < -0.4 is 5.43 Å². The van der Waals surface area contributed by atoms with Crippen LogP contribution in [0.15, 0.2) is 53.5 Å². The van der Waals surface area contributed by atoms with Crippen molar-refractivity contribution in [3.8, 4) is 0 Å². The summed E-state index contributed by atoms with van der Waals surface area (Å²) < 4.78 is 1.68. The quantitative estimate of drug-likeness (QED) is 0.800. The van der Waals surface area contributed by atoms with Gasteiger partial charge in [0, 0.05) is 12.7 Å². The van der Waals surface area contributed by atoms with E-state index in [1.165, 1.54) is 6.20 Å². The van der Waals surface area contributed by atoms with Gasteiger partial charge in [-0.25, -0.2) is 9.78 Å². The van der Waals surface area contributed by atoms with Crippen molar-refractivity contribution in [3.63, 3.8) is 0 Å². The summed E-state index contributed by atoms with van der Waals surface area (Å²) in [6.45, 7) is 2.40. The number of nitrogens with zero attached hydrogens (tertiary/aromatic N) is 2. The van der Waals surface area contributed by atoms with E-state index in [4.69, 9.17) is 5.11 Å². The number of fused-ring (bicyclic) bond motifs is 1. The zero-order valence-electron chi connectivity index (χ0n) is 13.1. The average molecular weight is 320 g/mol. The molecule has 0 aliphatic rings. The lowest BCUT2D eigenvalue weighted by atomic mass is 10.1. The minimum Gasteiger partial charge on any atom is -0.477 e. The summed E-state index contributed by atoms with van der Waals surface area (Å²) in [6.07, 6.45) is 5.16. The second kappa shape index (κ2) is 6.50. The molecule has 0 radical (unpaired) electrons. The van der Waals surface area contributed by atoms with E-state index in [-0.39, 0.29) is 5.56 Å². The number of aromatic nitrogens is 2. The molecule has 0 saturated carbocycles. The van der Waals surface area contributed by atoms with E-state index in [1.807, 2.05) is 49.4 Å². The number of benzene rings is 1. The lowest BCUT2D eigenvalue weighted by Gasteiger charge is -2.09. The first-order valence-corrected chi connectivity index (χ1v) is 7.60. The first-order valence-electron chi connectivity index (χ1n) is 7.60. The van der Waals surface area contributed by atoms with E-state index in [9.17, 15) is 9.59 Å². The predicted molar refractivity (Wildman–Crippen MR) is 94.0 cm³/mol. The molecular weight excluding hydrogens is 304 g/mol. The molecule has 120 valence electrons. The summed E-state index contributed by atoms with van der Waals surface area (Å²) in [6, 6.07) is 13.2. The molecule has 24 heavy (non-hydrogen) atoms. The van der Waals surface area contributed by atoms with Crippen LogP contribution in [0.3, 0.4) is 0 Å². The van der Waals surface area contributed by atoms with Crippen LogP contribution in [0.4, 0.5) is 0 Å². The van der Waals surface area contributed by atoms with E-state index in [1.54, 1.807) is 16.7 Å². The van der Waals surface area contributed by atoms with Crippen LogP contribution in [-0.4, -0.2) is 20.6 Å². The molecule has 0 bridgehead atoms. The topological polar surface area (TPSA) is 72.2 Å². The maximum atomic E-state index is 12.3. The highest BCUT2D eigenvalue weighted by Gasteiger charge is 2.14. The number of rotatable bonds is 4. The second-order valence-corrected chi connectivity index (χ2v) is 5.31. The van der Waals surface area contributed by atoms with Crippen molar-refractivity contribution >= 4 is 29.2 Å². The third kappa shape index (κ3) is 2.96. The number of hydrogen-bond donors (Lipinski definition) is 1. The fraction of sp³-hybridized carbons (Fsp3) is 0.105. The van der Waals surface area contributed by atoms with Crippen molar-refractivity contribution in [1.29, 1.82) is 0 Å². The van der Waals surface area contributed by atoms with Crippen molar-refractivity contribution in [2.45, 2.75) is 13.5 Å². The van der Waals surface area contributed by atoms with Crippen LogP contribution in [0.5, 0.6) is 0 Å². The Hall–Kier alpha value is -3.21. The number of hydrogen-bond acceptors (Lipinski definition) is 3. The van der Waals surface area contributed by atoms with Gasteiger partial charge in [0.05, 0.1) is 11.1 Å². The van der Waals surface area contributed by atoms with E-state index in [0.717, 1.165) is 5.56 Å². The predicted octanol–water partition coefficient (Wildman–Crippen LogP) is 3.29. The Morgan fingerprint density at radius 3 is 2.58 bits per heavy atom. The van der Waals surface area contributed by atoms with Gasteiger partial charge in [-0.2, -0.15) is 0 Å². The summed E-state index contributed by atoms with van der Waals surface area (Å²) in [5.41, 5.74) is 1.50. The number of pyridine rings is 2. The lowest BCUT2D eigenvalue weighted by Crippen LogP contribution is -2.19. The molecule has 3 aromatic rings. The Morgan fingerprint density at radius 2 is 1.92 bits per heavy atom. The van der Waals surface area contributed by atoms with E-state index in [2.05, 4.69) is 4.98 Å².